The number of urea groups is 1. The number of nitrogen functional groups attached to an aromatic ring is 1. The number of carbonyl (C=O) groups is 2. The number of nitrogens with two attached hydrogens (primary N) is 1. The molecule has 3 amide bonds. The van der Waals surface area contributed by atoms with Gasteiger partial charge in [0.2, 0.25) is 0 Å². The van der Waals surface area contributed by atoms with Crippen molar-refractivity contribution in [1.29, 1.82) is 0 Å². The summed E-state index contributed by atoms with van der Waals surface area (Å²) in [6.07, 6.45) is 9.59. The summed E-state index contributed by atoms with van der Waals surface area (Å²) in [5, 5.41) is 8.80. The highest BCUT2D eigenvalue weighted by molar-refractivity contribution is 5.81. The van der Waals surface area contributed by atoms with Gasteiger partial charge in [-0.3, -0.25) is 9.47 Å². The summed E-state index contributed by atoms with van der Waals surface area (Å²) in [5.74, 6) is -0.0928. The summed E-state index contributed by atoms with van der Waals surface area (Å²) >= 11 is 0. The van der Waals surface area contributed by atoms with Crippen LogP contribution in [0.5, 0.6) is 0 Å². The van der Waals surface area contributed by atoms with Crippen molar-refractivity contribution in [3.63, 3.8) is 0 Å². The van der Waals surface area contributed by atoms with Gasteiger partial charge in [0.05, 0.1) is 6.33 Å². The highest BCUT2D eigenvalue weighted by Crippen LogP contribution is 2.44. The van der Waals surface area contributed by atoms with E-state index in [-0.39, 0.29) is 29.5 Å². The molecule has 0 radical (unpaired) electrons. The number of anilines is 1. The molecule has 3 aliphatic rings. The minimum Gasteiger partial charge on any atom is -0.444 e. The molecule has 1 unspecified atom stereocenters. The van der Waals surface area contributed by atoms with Gasteiger partial charge in [-0.2, -0.15) is 0 Å². The quantitative estimate of drug-likeness (QED) is 0.233. The van der Waals surface area contributed by atoms with E-state index in [9.17, 15) is 9.59 Å². The molecule has 0 bridgehead atoms. The van der Waals surface area contributed by atoms with E-state index in [1.807, 2.05) is 45.3 Å². The maximum atomic E-state index is 12.8. The molecule has 5 atom stereocenters. The molecule has 0 spiro atoms. The van der Waals surface area contributed by atoms with Crippen molar-refractivity contribution in [2.24, 2.45) is 11.3 Å². The molecule has 15 nitrogen and oxygen atoms in total. The number of aromatic nitrogens is 4. The number of amides is 3. The second-order valence-corrected chi connectivity index (χ2v) is 15.8. The van der Waals surface area contributed by atoms with Crippen LogP contribution in [0.15, 0.2) is 36.6 Å². The van der Waals surface area contributed by atoms with Gasteiger partial charge in [0.1, 0.15) is 35.8 Å². The van der Waals surface area contributed by atoms with Gasteiger partial charge in [-0.1, -0.05) is 32.9 Å². The van der Waals surface area contributed by atoms with Crippen LogP contribution < -0.4 is 21.7 Å². The summed E-state index contributed by atoms with van der Waals surface area (Å²) in [7, 11) is 0. The molecular formula is C35H55N9O6. The Hall–Kier alpha value is -3.79. The lowest BCUT2D eigenvalue weighted by Crippen LogP contribution is -2.45. The Morgan fingerprint density at radius 3 is 2.50 bits per heavy atom. The molecule has 2 aliphatic heterocycles. The van der Waals surface area contributed by atoms with Crippen LogP contribution in [0, 0.1) is 11.3 Å². The SMILES string of the molecule is CC(C)(C)OC(=O)NCCCCN(CCNC(=O)NC1=CCC(C(C)(C)C)C=C1)C[C@H]1O[C@@H](n2cnc3c(N)ncnc32)[C@@H]2OC(C)(C)O[C@@H]21. The number of allylic oxidation sites excluding steroid dienone is 3. The lowest BCUT2D eigenvalue weighted by molar-refractivity contribution is -0.198. The van der Waals surface area contributed by atoms with Crippen LogP contribution in [-0.4, -0.2) is 99.0 Å². The highest BCUT2D eigenvalue weighted by atomic mass is 16.8. The molecule has 2 saturated heterocycles. The number of nitrogens with one attached hydrogen (secondary N) is 3. The van der Waals surface area contributed by atoms with Crippen molar-refractivity contribution in [3.05, 3.63) is 36.6 Å². The molecule has 15 heteroatoms. The fraction of sp³-hybridized carbons (Fsp3) is 0.686. The van der Waals surface area contributed by atoms with Crippen LogP contribution in [-0.2, 0) is 18.9 Å². The Balaban J connectivity index is 1.22. The van der Waals surface area contributed by atoms with Crippen LogP contribution >= 0.6 is 0 Å². The Bertz CT molecular complexity index is 1560. The van der Waals surface area contributed by atoms with Crippen molar-refractivity contribution in [1.82, 2.24) is 40.4 Å². The third kappa shape index (κ3) is 9.71. The summed E-state index contributed by atoms with van der Waals surface area (Å²) in [4.78, 5) is 40.1. The van der Waals surface area contributed by atoms with Gasteiger partial charge in [-0.25, -0.2) is 24.5 Å². The molecule has 0 aromatic carbocycles. The minimum atomic E-state index is -0.813. The number of alkyl carbamates (subject to hydrolysis) is 1. The van der Waals surface area contributed by atoms with Gasteiger partial charge in [0.15, 0.2) is 23.5 Å². The number of nitrogens with zero attached hydrogens (tertiary/aromatic N) is 5. The minimum absolute atomic E-state index is 0.166. The summed E-state index contributed by atoms with van der Waals surface area (Å²) in [5.41, 5.74) is 7.52. The Morgan fingerprint density at radius 2 is 1.80 bits per heavy atom. The molecule has 2 fully saturated rings. The number of hydrogen-bond donors (Lipinski definition) is 4. The zero-order valence-corrected chi connectivity index (χ0v) is 30.7. The zero-order valence-electron chi connectivity index (χ0n) is 30.7. The van der Waals surface area contributed by atoms with E-state index in [2.05, 4.69) is 68.7 Å². The van der Waals surface area contributed by atoms with Gasteiger partial charge in [0.25, 0.3) is 0 Å². The first-order valence-corrected chi connectivity index (χ1v) is 17.6. The maximum Gasteiger partial charge on any atom is 0.407 e. The number of imidazole rings is 1. The lowest BCUT2D eigenvalue weighted by atomic mass is 9.77. The van der Waals surface area contributed by atoms with E-state index >= 15 is 0 Å². The average molecular weight is 698 g/mol. The first-order valence-electron chi connectivity index (χ1n) is 17.6. The summed E-state index contributed by atoms with van der Waals surface area (Å²) < 4.78 is 26.6. The van der Waals surface area contributed by atoms with Gasteiger partial charge in [-0.05, 0) is 77.8 Å². The Labute approximate surface area is 294 Å². The number of hydrogen-bond acceptors (Lipinski definition) is 11. The van der Waals surface area contributed by atoms with E-state index in [0.717, 1.165) is 25.0 Å². The Morgan fingerprint density at radius 1 is 1.04 bits per heavy atom. The van der Waals surface area contributed by atoms with Crippen molar-refractivity contribution in [2.45, 2.75) is 111 Å². The normalized spacial score (nSPS) is 24.7. The number of rotatable bonds is 12. The lowest BCUT2D eigenvalue weighted by Gasteiger charge is -2.30. The molecule has 50 heavy (non-hydrogen) atoms. The monoisotopic (exact) mass is 697 g/mol. The second kappa shape index (κ2) is 15.2. The molecule has 1 aliphatic carbocycles. The van der Waals surface area contributed by atoms with Crippen molar-refractivity contribution < 1.29 is 28.5 Å². The van der Waals surface area contributed by atoms with Crippen LogP contribution in [0.1, 0.15) is 80.9 Å². The van der Waals surface area contributed by atoms with E-state index in [1.165, 1.54) is 6.33 Å². The third-order valence-electron chi connectivity index (χ3n) is 8.98. The molecule has 4 heterocycles. The molecule has 5 N–H and O–H groups in total. The number of fused-ring (bicyclic) bond motifs is 2. The predicted molar refractivity (Wildman–Crippen MR) is 189 cm³/mol. The Kier molecular flexibility index (Phi) is 11.4. The first kappa shape index (κ1) is 37.5. The van der Waals surface area contributed by atoms with Gasteiger partial charge in [0, 0.05) is 31.9 Å². The summed E-state index contributed by atoms with van der Waals surface area (Å²) in [6, 6.07) is -0.253. The second-order valence-electron chi connectivity index (χ2n) is 15.8. The van der Waals surface area contributed by atoms with Crippen LogP contribution in [0.3, 0.4) is 0 Å². The zero-order chi connectivity index (χ0) is 36.3. The number of carbonyl (C=O) groups excluding carboxylic acids is 2. The molecular weight excluding hydrogens is 642 g/mol. The van der Waals surface area contributed by atoms with Crippen LogP contribution in [0.25, 0.3) is 11.2 Å². The van der Waals surface area contributed by atoms with E-state index in [4.69, 9.17) is 24.7 Å². The topological polar surface area (TPSA) is 180 Å². The predicted octanol–water partition coefficient (Wildman–Crippen LogP) is 4.24. The fourth-order valence-electron chi connectivity index (χ4n) is 6.46. The van der Waals surface area contributed by atoms with Gasteiger partial charge in [-0.15, -0.1) is 0 Å². The standard InChI is InChI=1S/C35H55N9O6/c1-33(2,3)22-11-13-23(14-12-22)42-31(45)37-16-18-43(17-10-9-15-38-32(46)50-34(4,5)6)19-24-26-27(49-35(7,8)48-26)30(47-24)44-21-41-25-28(36)39-20-40-29(25)44/h11,13-14,20-22,24,26-27,30H,9-10,12,15-19H2,1-8H3,(H,38,46)(H2,36,39,40)(H2,37,42,45)/t22?,24-,26-,27-,30-/m1/s1. The number of unbranched alkanes of at least 4 members (excludes halogenated alkanes) is 1. The van der Waals surface area contributed by atoms with Crippen LogP contribution in [0.2, 0.25) is 0 Å². The molecule has 0 saturated carbocycles. The van der Waals surface area contributed by atoms with Gasteiger partial charge >= 0.3 is 12.1 Å². The van der Waals surface area contributed by atoms with Crippen molar-refractivity contribution in [3.8, 4) is 0 Å². The van der Waals surface area contributed by atoms with E-state index in [0.29, 0.717) is 49.8 Å². The highest BCUT2D eigenvalue weighted by Gasteiger charge is 2.56. The average Bonchev–Trinajstić information content (AvgIpc) is 3.67. The van der Waals surface area contributed by atoms with E-state index in [1.54, 1.807) is 6.33 Å². The largest absolute Gasteiger partial charge is 0.444 e. The third-order valence-corrected chi connectivity index (χ3v) is 8.98. The first-order chi connectivity index (χ1) is 23.5. The van der Waals surface area contributed by atoms with Crippen LogP contribution in [0.4, 0.5) is 15.4 Å². The molecule has 2 aromatic rings. The number of ether oxygens (including phenoxy) is 4. The fourth-order valence-corrected chi connectivity index (χ4v) is 6.46. The summed E-state index contributed by atoms with van der Waals surface area (Å²) in [6.45, 7) is 18.6. The molecule has 2 aromatic heterocycles. The van der Waals surface area contributed by atoms with E-state index < -0.39 is 29.8 Å². The van der Waals surface area contributed by atoms with Crippen molar-refractivity contribution >= 4 is 29.1 Å². The van der Waals surface area contributed by atoms with Gasteiger partial charge < -0.3 is 40.6 Å². The molecule has 5 rings (SSSR count). The maximum absolute atomic E-state index is 12.8. The van der Waals surface area contributed by atoms with Crippen molar-refractivity contribution in [2.75, 3.05) is 38.5 Å². The molecule has 276 valence electrons. The smallest absolute Gasteiger partial charge is 0.407 e.